The van der Waals surface area contributed by atoms with Crippen molar-refractivity contribution < 1.29 is 18.3 Å². The molecule has 8 heteroatoms. The zero-order valence-electron chi connectivity index (χ0n) is 20.4. The Kier molecular flexibility index (Phi) is 7.73. The van der Waals surface area contributed by atoms with Crippen molar-refractivity contribution in [2.24, 2.45) is 0 Å². The van der Waals surface area contributed by atoms with Crippen molar-refractivity contribution in [1.29, 1.82) is 0 Å². The number of anilines is 2. The summed E-state index contributed by atoms with van der Waals surface area (Å²) in [4.78, 5) is 12.6. The van der Waals surface area contributed by atoms with Gasteiger partial charge in [-0.05, 0) is 105 Å². The van der Waals surface area contributed by atoms with Crippen molar-refractivity contribution in [2.75, 3.05) is 10.0 Å². The van der Waals surface area contributed by atoms with Crippen molar-refractivity contribution in [3.05, 3.63) is 94.5 Å². The van der Waals surface area contributed by atoms with Crippen LogP contribution in [0, 0.1) is 0 Å². The number of carbonyl (C=O) groups is 1. The molecule has 0 unspecified atom stereocenters. The third kappa shape index (κ3) is 6.09. The monoisotopic (exact) mass is 526 g/mol. The van der Waals surface area contributed by atoms with Gasteiger partial charge >= 0.3 is 0 Å². The van der Waals surface area contributed by atoms with E-state index in [0.29, 0.717) is 40.7 Å². The fourth-order valence-corrected chi connectivity index (χ4v) is 5.32. The predicted octanol–water partition coefficient (Wildman–Crippen LogP) is 6.29. The normalized spacial score (nSPS) is 20.2. The van der Waals surface area contributed by atoms with Crippen LogP contribution in [0.3, 0.4) is 0 Å². The van der Waals surface area contributed by atoms with Crippen LogP contribution < -0.4 is 10.0 Å². The Morgan fingerprint density at radius 2 is 1.47 bits per heavy atom. The summed E-state index contributed by atoms with van der Waals surface area (Å²) in [5.74, 6) is 0.0798. The van der Waals surface area contributed by atoms with Gasteiger partial charge in [-0.2, -0.15) is 0 Å². The Morgan fingerprint density at radius 3 is 2.03 bits per heavy atom. The average molecular weight is 527 g/mol. The molecule has 3 aromatic rings. The van der Waals surface area contributed by atoms with Gasteiger partial charge in [0.1, 0.15) is 0 Å². The Hall–Kier alpha value is -2.87. The maximum absolute atomic E-state index is 12.6. The lowest BCUT2D eigenvalue weighted by Gasteiger charge is -2.36. The van der Waals surface area contributed by atoms with E-state index in [9.17, 15) is 18.3 Å². The molecule has 1 fully saturated rings. The topological polar surface area (TPSA) is 95.5 Å². The lowest BCUT2D eigenvalue weighted by atomic mass is 9.73. The fraction of sp³-hybridized carbons (Fsp3) is 0.321. The predicted molar refractivity (Wildman–Crippen MR) is 145 cm³/mol. The highest BCUT2D eigenvalue weighted by Crippen LogP contribution is 2.43. The van der Waals surface area contributed by atoms with Gasteiger partial charge in [0.25, 0.3) is 5.91 Å². The Bertz CT molecular complexity index is 1300. The standard InChI is InChI=1S/C28H31ClN2O4S/c1-19(2)36(34,35)31-26-13-5-22(6-14-26)27(32)30-25-11-3-20(4-12-25)21-15-17-28(33,18-16-21)23-7-9-24(29)10-8-23/h3-14,19,21,31,33H,15-18H2,1-2H3,(H,30,32). The quantitative estimate of drug-likeness (QED) is 0.337. The van der Waals surface area contributed by atoms with Crippen molar-refractivity contribution in [2.45, 2.75) is 56.3 Å². The number of halogens is 1. The average Bonchev–Trinajstić information content (AvgIpc) is 2.85. The fourth-order valence-electron chi connectivity index (χ4n) is 4.49. The van der Waals surface area contributed by atoms with E-state index in [1.807, 2.05) is 48.5 Å². The number of hydrogen-bond donors (Lipinski definition) is 3. The smallest absolute Gasteiger partial charge is 0.255 e. The molecule has 0 aromatic heterocycles. The summed E-state index contributed by atoms with van der Waals surface area (Å²) < 4.78 is 26.5. The SMILES string of the molecule is CC(C)S(=O)(=O)Nc1ccc(C(=O)Nc2ccc(C3CCC(O)(c4ccc(Cl)cc4)CC3)cc2)cc1. The molecule has 1 aliphatic rings. The highest BCUT2D eigenvalue weighted by atomic mass is 35.5. The van der Waals surface area contributed by atoms with Gasteiger partial charge in [-0.3, -0.25) is 9.52 Å². The number of amides is 1. The molecule has 0 heterocycles. The molecule has 3 N–H and O–H groups in total. The summed E-state index contributed by atoms with van der Waals surface area (Å²) in [6, 6.07) is 21.6. The van der Waals surface area contributed by atoms with Crippen LogP contribution in [-0.4, -0.2) is 24.7 Å². The molecule has 4 rings (SSSR count). The molecule has 1 saturated carbocycles. The molecular formula is C28H31ClN2O4S. The van der Waals surface area contributed by atoms with Crippen LogP contribution in [0.4, 0.5) is 11.4 Å². The second kappa shape index (κ2) is 10.6. The van der Waals surface area contributed by atoms with Crippen LogP contribution >= 0.6 is 11.6 Å². The molecule has 1 aliphatic carbocycles. The molecular weight excluding hydrogens is 496 g/mol. The third-order valence-electron chi connectivity index (χ3n) is 6.86. The van der Waals surface area contributed by atoms with Crippen molar-refractivity contribution >= 4 is 38.9 Å². The molecule has 1 amide bonds. The molecule has 0 saturated heterocycles. The number of benzene rings is 3. The minimum Gasteiger partial charge on any atom is -0.385 e. The van der Waals surface area contributed by atoms with Gasteiger partial charge in [0.05, 0.1) is 10.9 Å². The van der Waals surface area contributed by atoms with Crippen LogP contribution in [0.15, 0.2) is 72.8 Å². The molecule has 0 aliphatic heterocycles. The molecule has 0 radical (unpaired) electrons. The van der Waals surface area contributed by atoms with Gasteiger partial charge in [-0.15, -0.1) is 0 Å². The van der Waals surface area contributed by atoms with Crippen molar-refractivity contribution in [1.82, 2.24) is 0 Å². The molecule has 0 spiro atoms. The molecule has 190 valence electrons. The van der Waals surface area contributed by atoms with Gasteiger partial charge < -0.3 is 10.4 Å². The number of rotatable bonds is 7. The van der Waals surface area contributed by atoms with E-state index < -0.39 is 20.9 Å². The second-order valence-corrected chi connectivity index (χ2v) is 12.3. The summed E-state index contributed by atoms with van der Waals surface area (Å²) in [7, 11) is -3.44. The Balaban J connectivity index is 1.33. The number of nitrogens with one attached hydrogen (secondary N) is 2. The Morgan fingerprint density at radius 1 is 0.917 bits per heavy atom. The number of carbonyl (C=O) groups excluding carboxylic acids is 1. The van der Waals surface area contributed by atoms with Crippen LogP contribution in [0.2, 0.25) is 5.02 Å². The van der Waals surface area contributed by atoms with E-state index in [4.69, 9.17) is 11.6 Å². The summed E-state index contributed by atoms with van der Waals surface area (Å²) in [6.45, 7) is 3.20. The number of sulfonamides is 1. The largest absolute Gasteiger partial charge is 0.385 e. The zero-order chi connectivity index (χ0) is 25.9. The molecule has 3 aromatic carbocycles. The summed E-state index contributed by atoms with van der Waals surface area (Å²) >= 11 is 5.98. The van der Waals surface area contributed by atoms with Crippen LogP contribution in [0.1, 0.15) is 66.9 Å². The van der Waals surface area contributed by atoms with Gasteiger partial charge in [-0.25, -0.2) is 8.42 Å². The second-order valence-electron chi connectivity index (χ2n) is 9.66. The summed E-state index contributed by atoms with van der Waals surface area (Å²) in [5, 5.41) is 14.1. The van der Waals surface area contributed by atoms with Crippen LogP contribution in [-0.2, 0) is 15.6 Å². The van der Waals surface area contributed by atoms with Gasteiger partial charge in [-0.1, -0.05) is 35.9 Å². The van der Waals surface area contributed by atoms with Crippen molar-refractivity contribution in [3.8, 4) is 0 Å². The molecule has 0 bridgehead atoms. The number of hydrogen-bond acceptors (Lipinski definition) is 4. The summed E-state index contributed by atoms with van der Waals surface area (Å²) in [5.41, 5.74) is 2.81. The minimum absolute atomic E-state index is 0.272. The highest BCUT2D eigenvalue weighted by molar-refractivity contribution is 7.93. The third-order valence-corrected chi connectivity index (χ3v) is 8.88. The first-order valence-corrected chi connectivity index (χ1v) is 14.0. The summed E-state index contributed by atoms with van der Waals surface area (Å²) in [6.07, 6.45) is 3.11. The minimum atomic E-state index is -3.44. The first-order valence-electron chi connectivity index (χ1n) is 12.1. The Labute approximate surface area is 217 Å². The molecule has 0 atom stereocenters. The van der Waals surface area contributed by atoms with E-state index in [1.165, 1.54) is 5.56 Å². The van der Waals surface area contributed by atoms with Gasteiger partial charge in [0.15, 0.2) is 0 Å². The van der Waals surface area contributed by atoms with Crippen molar-refractivity contribution in [3.63, 3.8) is 0 Å². The lowest BCUT2D eigenvalue weighted by Crippen LogP contribution is -2.30. The van der Waals surface area contributed by atoms with E-state index >= 15 is 0 Å². The molecule has 36 heavy (non-hydrogen) atoms. The van der Waals surface area contributed by atoms with Crippen LogP contribution in [0.5, 0.6) is 0 Å². The van der Waals surface area contributed by atoms with E-state index in [2.05, 4.69) is 10.0 Å². The maximum Gasteiger partial charge on any atom is 0.255 e. The number of aliphatic hydroxyl groups is 1. The van der Waals surface area contributed by atoms with Gasteiger partial charge in [0.2, 0.25) is 10.0 Å². The van der Waals surface area contributed by atoms with Crippen LogP contribution in [0.25, 0.3) is 0 Å². The maximum atomic E-state index is 12.6. The first-order chi connectivity index (χ1) is 17.1. The molecule has 6 nitrogen and oxygen atoms in total. The zero-order valence-corrected chi connectivity index (χ0v) is 21.9. The van der Waals surface area contributed by atoms with Gasteiger partial charge in [0, 0.05) is 22.0 Å². The van der Waals surface area contributed by atoms with E-state index in [-0.39, 0.29) is 5.91 Å². The first kappa shape index (κ1) is 26.2. The van der Waals surface area contributed by atoms with E-state index in [1.54, 1.807) is 38.1 Å². The van der Waals surface area contributed by atoms with E-state index in [0.717, 1.165) is 18.4 Å². The lowest BCUT2D eigenvalue weighted by molar-refractivity contribution is -0.00566. The highest BCUT2D eigenvalue weighted by Gasteiger charge is 2.35.